The van der Waals surface area contributed by atoms with E-state index in [0.717, 1.165) is 4.68 Å². The number of aromatic nitrogens is 2. The fourth-order valence-electron chi connectivity index (χ4n) is 2.35. The number of esters is 2. The highest BCUT2D eigenvalue weighted by molar-refractivity contribution is 9.10. The standard InChI is InChI=1S/C17H16BrF2N3O5/c1-8-13(18)14(15(19)20)22-23(8)7-12(24)21-11-5-9(16(25)27-2)4-10(6-11)17(26)28-3/h4-6,15H,7H2,1-3H3,(H,21,24). The Kier molecular flexibility index (Phi) is 6.84. The molecule has 0 fully saturated rings. The lowest BCUT2D eigenvalue weighted by molar-refractivity contribution is -0.117. The number of hydrogen-bond acceptors (Lipinski definition) is 6. The summed E-state index contributed by atoms with van der Waals surface area (Å²) in [6.45, 7) is 1.18. The second-order valence-corrected chi connectivity index (χ2v) is 6.37. The van der Waals surface area contributed by atoms with E-state index in [0.29, 0.717) is 5.69 Å². The fraction of sp³-hybridized carbons (Fsp3) is 0.294. The number of anilines is 1. The van der Waals surface area contributed by atoms with E-state index >= 15 is 0 Å². The number of hydrogen-bond donors (Lipinski definition) is 1. The number of nitrogens with zero attached hydrogens (tertiary/aromatic N) is 2. The summed E-state index contributed by atoms with van der Waals surface area (Å²) in [7, 11) is 2.34. The zero-order valence-electron chi connectivity index (χ0n) is 15.1. The summed E-state index contributed by atoms with van der Waals surface area (Å²) in [5.41, 5.74) is 0.0682. The van der Waals surface area contributed by atoms with Crippen LogP contribution < -0.4 is 5.32 Å². The summed E-state index contributed by atoms with van der Waals surface area (Å²) >= 11 is 3.03. The van der Waals surface area contributed by atoms with Gasteiger partial charge in [0.1, 0.15) is 12.2 Å². The van der Waals surface area contributed by atoms with E-state index in [9.17, 15) is 23.2 Å². The minimum atomic E-state index is -2.79. The van der Waals surface area contributed by atoms with Crippen LogP contribution in [-0.2, 0) is 20.8 Å². The first-order valence-electron chi connectivity index (χ1n) is 7.80. The highest BCUT2D eigenvalue weighted by Crippen LogP contribution is 2.29. The van der Waals surface area contributed by atoms with E-state index in [1.165, 1.54) is 39.3 Å². The van der Waals surface area contributed by atoms with Gasteiger partial charge < -0.3 is 14.8 Å². The molecule has 150 valence electrons. The van der Waals surface area contributed by atoms with Gasteiger partial charge in [0.2, 0.25) is 5.91 Å². The summed E-state index contributed by atoms with van der Waals surface area (Å²) in [5, 5.41) is 6.22. The number of carbonyl (C=O) groups is 3. The lowest BCUT2D eigenvalue weighted by Crippen LogP contribution is -2.21. The van der Waals surface area contributed by atoms with Gasteiger partial charge in [-0.25, -0.2) is 18.4 Å². The van der Waals surface area contributed by atoms with Gasteiger partial charge in [-0.2, -0.15) is 5.10 Å². The van der Waals surface area contributed by atoms with Crippen LogP contribution in [0.4, 0.5) is 14.5 Å². The molecule has 0 saturated carbocycles. The number of carbonyl (C=O) groups excluding carboxylic acids is 3. The van der Waals surface area contributed by atoms with Crippen LogP contribution in [0, 0.1) is 6.92 Å². The van der Waals surface area contributed by atoms with Crippen molar-refractivity contribution < 1.29 is 32.6 Å². The van der Waals surface area contributed by atoms with E-state index in [1.54, 1.807) is 0 Å². The van der Waals surface area contributed by atoms with Crippen LogP contribution >= 0.6 is 15.9 Å². The molecule has 11 heteroatoms. The van der Waals surface area contributed by atoms with Gasteiger partial charge >= 0.3 is 11.9 Å². The molecule has 1 N–H and O–H groups in total. The number of ether oxygens (including phenoxy) is 2. The molecule has 1 aromatic carbocycles. The van der Waals surface area contributed by atoms with Crippen molar-refractivity contribution in [1.29, 1.82) is 0 Å². The second kappa shape index (κ2) is 8.91. The van der Waals surface area contributed by atoms with Crippen molar-refractivity contribution in [2.24, 2.45) is 0 Å². The Morgan fingerprint density at radius 3 is 2.11 bits per heavy atom. The number of halogens is 3. The van der Waals surface area contributed by atoms with Crippen LogP contribution in [-0.4, -0.2) is 41.8 Å². The maximum atomic E-state index is 12.9. The van der Waals surface area contributed by atoms with Gasteiger partial charge in [0.25, 0.3) is 6.43 Å². The zero-order valence-corrected chi connectivity index (χ0v) is 16.7. The Balaban J connectivity index is 2.27. The second-order valence-electron chi connectivity index (χ2n) is 5.57. The number of alkyl halides is 2. The average Bonchev–Trinajstić information content (AvgIpc) is 2.94. The van der Waals surface area contributed by atoms with Gasteiger partial charge in [-0.15, -0.1) is 0 Å². The van der Waals surface area contributed by atoms with Crippen LogP contribution in [0.2, 0.25) is 0 Å². The zero-order chi connectivity index (χ0) is 21.0. The molecule has 1 aromatic heterocycles. The first kappa shape index (κ1) is 21.5. The van der Waals surface area contributed by atoms with Crippen LogP contribution in [0.25, 0.3) is 0 Å². The molecule has 0 bridgehead atoms. The largest absolute Gasteiger partial charge is 0.465 e. The summed E-state index contributed by atoms with van der Waals surface area (Å²) < 4.78 is 36.3. The van der Waals surface area contributed by atoms with E-state index in [2.05, 4.69) is 35.8 Å². The highest BCUT2D eigenvalue weighted by atomic mass is 79.9. The average molecular weight is 460 g/mol. The van der Waals surface area contributed by atoms with E-state index in [-0.39, 0.29) is 27.8 Å². The topological polar surface area (TPSA) is 99.5 Å². The molecule has 0 unspecified atom stereocenters. The lowest BCUT2D eigenvalue weighted by atomic mass is 10.1. The van der Waals surface area contributed by atoms with Gasteiger partial charge in [-0.05, 0) is 41.1 Å². The molecule has 0 saturated heterocycles. The maximum absolute atomic E-state index is 12.9. The summed E-state index contributed by atoms with van der Waals surface area (Å²) in [6, 6.07) is 3.89. The van der Waals surface area contributed by atoms with Crippen molar-refractivity contribution in [3.63, 3.8) is 0 Å². The summed E-state index contributed by atoms with van der Waals surface area (Å²) in [6.07, 6.45) is -2.79. The smallest absolute Gasteiger partial charge is 0.337 e. The molecule has 0 radical (unpaired) electrons. The first-order chi connectivity index (χ1) is 13.2. The molecule has 2 rings (SSSR count). The highest BCUT2D eigenvalue weighted by Gasteiger charge is 2.21. The molecule has 28 heavy (non-hydrogen) atoms. The molecule has 0 atom stereocenters. The van der Waals surface area contributed by atoms with Crippen LogP contribution in [0.5, 0.6) is 0 Å². The molecule has 0 spiro atoms. The lowest BCUT2D eigenvalue weighted by Gasteiger charge is -2.10. The Morgan fingerprint density at radius 2 is 1.68 bits per heavy atom. The van der Waals surface area contributed by atoms with Crippen LogP contribution in [0.15, 0.2) is 22.7 Å². The van der Waals surface area contributed by atoms with Crippen molar-refractivity contribution >= 4 is 39.5 Å². The summed E-state index contributed by atoms with van der Waals surface area (Å²) in [5.74, 6) is -2.03. The molecule has 1 heterocycles. The Morgan fingerprint density at radius 1 is 1.14 bits per heavy atom. The third-order valence-corrected chi connectivity index (χ3v) is 4.70. The van der Waals surface area contributed by atoms with Gasteiger partial charge in [0, 0.05) is 5.69 Å². The number of amides is 1. The normalized spacial score (nSPS) is 10.7. The van der Waals surface area contributed by atoms with E-state index in [1.807, 2.05) is 0 Å². The molecule has 0 aliphatic heterocycles. The van der Waals surface area contributed by atoms with Crippen LogP contribution in [0.3, 0.4) is 0 Å². The number of nitrogens with one attached hydrogen (secondary N) is 1. The molecule has 0 aliphatic carbocycles. The first-order valence-corrected chi connectivity index (χ1v) is 8.59. The number of rotatable bonds is 6. The maximum Gasteiger partial charge on any atom is 0.337 e. The third-order valence-electron chi connectivity index (χ3n) is 3.72. The Labute approximate surface area is 166 Å². The van der Waals surface area contributed by atoms with Crippen molar-refractivity contribution in [3.05, 3.63) is 45.2 Å². The molecule has 0 aliphatic rings. The fourth-order valence-corrected chi connectivity index (χ4v) is 2.81. The number of methoxy groups -OCH3 is 2. The predicted octanol–water partition coefficient (Wildman–Crippen LogP) is 3.10. The summed E-state index contributed by atoms with van der Waals surface area (Å²) in [4.78, 5) is 35.9. The van der Waals surface area contributed by atoms with Gasteiger partial charge in [-0.3, -0.25) is 9.48 Å². The molecule has 8 nitrogen and oxygen atoms in total. The van der Waals surface area contributed by atoms with Gasteiger partial charge in [0.15, 0.2) is 0 Å². The molecule has 2 aromatic rings. The minimum Gasteiger partial charge on any atom is -0.465 e. The van der Waals surface area contributed by atoms with Gasteiger partial charge in [-0.1, -0.05) is 0 Å². The Hall–Kier alpha value is -2.82. The van der Waals surface area contributed by atoms with Crippen molar-refractivity contribution in [1.82, 2.24) is 9.78 Å². The monoisotopic (exact) mass is 459 g/mol. The molecular formula is C17H16BrF2N3O5. The number of benzene rings is 1. The third kappa shape index (κ3) is 4.71. The molecule has 1 amide bonds. The van der Waals surface area contributed by atoms with Crippen molar-refractivity contribution in [2.45, 2.75) is 19.9 Å². The van der Waals surface area contributed by atoms with Gasteiger partial charge in [0.05, 0.1) is 35.5 Å². The van der Waals surface area contributed by atoms with Crippen molar-refractivity contribution in [3.8, 4) is 0 Å². The molecular weight excluding hydrogens is 444 g/mol. The predicted molar refractivity (Wildman–Crippen MR) is 97.4 cm³/mol. The Bertz CT molecular complexity index is 896. The SMILES string of the molecule is COC(=O)c1cc(NC(=O)Cn2nc(C(F)F)c(Br)c2C)cc(C(=O)OC)c1. The van der Waals surface area contributed by atoms with Crippen molar-refractivity contribution in [2.75, 3.05) is 19.5 Å². The minimum absolute atomic E-state index is 0.0266. The quantitative estimate of drug-likeness (QED) is 0.666. The van der Waals surface area contributed by atoms with Crippen LogP contribution in [0.1, 0.15) is 38.5 Å². The van der Waals surface area contributed by atoms with E-state index < -0.39 is 30.0 Å². The van der Waals surface area contributed by atoms with E-state index in [4.69, 9.17) is 0 Å².